The highest BCUT2D eigenvalue weighted by atomic mass is 15.2. The SMILES string of the molecule is Cc1ccc2c(c1)NC(c1ccccc1)N2. The number of rotatable bonds is 1. The topological polar surface area (TPSA) is 24.1 Å². The van der Waals surface area contributed by atoms with E-state index in [-0.39, 0.29) is 6.17 Å². The molecule has 2 aromatic rings. The summed E-state index contributed by atoms with van der Waals surface area (Å²) in [6, 6.07) is 16.8. The maximum atomic E-state index is 3.48. The lowest BCUT2D eigenvalue weighted by Crippen LogP contribution is -2.11. The van der Waals surface area contributed by atoms with Crippen LogP contribution >= 0.6 is 0 Å². The fourth-order valence-corrected chi connectivity index (χ4v) is 2.06. The minimum absolute atomic E-state index is 0.193. The zero-order chi connectivity index (χ0) is 11.0. The molecule has 80 valence electrons. The Bertz CT molecular complexity index is 505. The molecular formula is C14H14N2. The van der Waals surface area contributed by atoms with E-state index in [0.29, 0.717) is 0 Å². The Morgan fingerprint density at radius 3 is 2.44 bits per heavy atom. The molecule has 1 aliphatic heterocycles. The smallest absolute Gasteiger partial charge is 0.123 e. The Morgan fingerprint density at radius 2 is 1.62 bits per heavy atom. The van der Waals surface area contributed by atoms with Gasteiger partial charge in [-0.3, -0.25) is 0 Å². The predicted molar refractivity (Wildman–Crippen MR) is 67.6 cm³/mol. The molecule has 2 nitrogen and oxygen atoms in total. The second-order valence-electron chi connectivity index (χ2n) is 4.18. The molecule has 0 amide bonds. The summed E-state index contributed by atoms with van der Waals surface area (Å²) in [5.41, 5.74) is 4.91. The number of nitrogens with one attached hydrogen (secondary N) is 2. The summed E-state index contributed by atoms with van der Waals surface area (Å²) in [5.74, 6) is 0. The minimum atomic E-state index is 0.193. The van der Waals surface area contributed by atoms with E-state index in [1.165, 1.54) is 22.5 Å². The maximum Gasteiger partial charge on any atom is 0.123 e. The van der Waals surface area contributed by atoms with E-state index in [0.717, 1.165) is 0 Å². The van der Waals surface area contributed by atoms with Gasteiger partial charge in [0.05, 0.1) is 11.4 Å². The second kappa shape index (κ2) is 3.56. The van der Waals surface area contributed by atoms with Crippen molar-refractivity contribution in [1.82, 2.24) is 0 Å². The van der Waals surface area contributed by atoms with Crippen molar-refractivity contribution >= 4 is 11.4 Å². The van der Waals surface area contributed by atoms with E-state index >= 15 is 0 Å². The van der Waals surface area contributed by atoms with E-state index < -0.39 is 0 Å². The molecule has 0 aliphatic carbocycles. The van der Waals surface area contributed by atoms with Crippen LogP contribution < -0.4 is 10.6 Å². The minimum Gasteiger partial charge on any atom is -0.360 e. The number of anilines is 2. The van der Waals surface area contributed by atoms with E-state index in [4.69, 9.17) is 0 Å². The molecule has 0 saturated heterocycles. The van der Waals surface area contributed by atoms with Gasteiger partial charge in [0.15, 0.2) is 0 Å². The highest BCUT2D eigenvalue weighted by molar-refractivity contribution is 5.75. The van der Waals surface area contributed by atoms with Crippen LogP contribution in [0.25, 0.3) is 0 Å². The molecule has 0 saturated carbocycles. The first-order valence-corrected chi connectivity index (χ1v) is 5.51. The monoisotopic (exact) mass is 210 g/mol. The lowest BCUT2D eigenvalue weighted by atomic mass is 10.2. The van der Waals surface area contributed by atoms with Crippen molar-refractivity contribution in [1.29, 1.82) is 0 Å². The van der Waals surface area contributed by atoms with Gasteiger partial charge in [0.1, 0.15) is 6.17 Å². The highest BCUT2D eigenvalue weighted by Crippen LogP contribution is 2.35. The van der Waals surface area contributed by atoms with Crippen LogP contribution in [-0.4, -0.2) is 0 Å². The number of benzene rings is 2. The van der Waals surface area contributed by atoms with Crippen molar-refractivity contribution < 1.29 is 0 Å². The average Bonchev–Trinajstić information content (AvgIpc) is 2.73. The first-order valence-electron chi connectivity index (χ1n) is 5.51. The highest BCUT2D eigenvalue weighted by Gasteiger charge is 2.20. The Hall–Kier alpha value is -1.96. The molecule has 2 heteroatoms. The molecule has 0 fully saturated rings. The van der Waals surface area contributed by atoms with Crippen LogP contribution in [0.5, 0.6) is 0 Å². The summed E-state index contributed by atoms with van der Waals surface area (Å²) in [5, 5.41) is 6.95. The molecule has 0 bridgehead atoms. The number of hydrogen-bond donors (Lipinski definition) is 2. The van der Waals surface area contributed by atoms with Crippen LogP contribution in [0.15, 0.2) is 48.5 Å². The van der Waals surface area contributed by atoms with Crippen LogP contribution in [0.4, 0.5) is 11.4 Å². The second-order valence-corrected chi connectivity index (χ2v) is 4.18. The summed E-state index contributed by atoms with van der Waals surface area (Å²) >= 11 is 0. The normalized spacial score (nSPS) is 17.4. The molecule has 2 aromatic carbocycles. The van der Waals surface area contributed by atoms with Gasteiger partial charge < -0.3 is 10.6 Å². The molecule has 1 unspecified atom stereocenters. The molecule has 0 spiro atoms. The molecule has 16 heavy (non-hydrogen) atoms. The van der Waals surface area contributed by atoms with Crippen molar-refractivity contribution in [2.24, 2.45) is 0 Å². The van der Waals surface area contributed by atoms with Crippen LogP contribution in [-0.2, 0) is 0 Å². The zero-order valence-corrected chi connectivity index (χ0v) is 9.20. The lowest BCUT2D eigenvalue weighted by Gasteiger charge is -2.12. The summed E-state index contributed by atoms with van der Waals surface area (Å²) in [6.45, 7) is 2.11. The van der Waals surface area contributed by atoms with E-state index in [1.54, 1.807) is 0 Å². The van der Waals surface area contributed by atoms with E-state index in [9.17, 15) is 0 Å². The molecule has 2 N–H and O–H groups in total. The van der Waals surface area contributed by atoms with Gasteiger partial charge in [-0.25, -0.2) is 0 Å². The van der Waals surface area contributed by atoms with Gasteiger partial charge in [-0.05, 0) is 30.2 Å². The van der Waals surface area contributed by atoms with Gasteiger partial charge >= 0.3 is 0 Å². The van der Waals surface area contributed by atoms with Gasteiger partial charge in [0, 0.05) is 0 Å². The molecule has 1 heterocycles. The molecule has 1 aliphatic rings. The molecule has 3 rings (SSSR count). The quantitative estimate of drug-likeness (QED) is 0.752. The van der Waals surface area contributed by atoms with E-state index in [2.05, 4.69) is 60.0 Å². The average molecular weight is 210 g/mol. The first-order chi connectivity index (χ1) is 7.83. The summed E-state index contributed by atoms with van der Waals surface area (Å²) in [7, 11) is 0. The molecule has 1 atom stereocenters. The molecule has 0 aromatic heterocycles. The first kappa shape index (κ1) is 9.28. The van der Waals surface area contributed by atoms with Crippen molar-refractivity contribution in [3.8, 4) is 0 Å². The fourth-order valence-electron chi connectivity index (χ4n) is 2.06. The third-order valence-corrected chi connectivity index (χ3v) is 2.91. The van der Waals surface area contributed by atoms with Crippen LogP contribution in [0.3, 0.4) is 0 Å². The predicted octanol–water partition coefficient (Wildman–Crippen LogP) is 3.53. The van der Waals surface area contributed by atoms with Gasteiger partial charge in [-0.15, -0.1) is 0 Å². The van der Waals surface area contributed by atoms with Crippen molar-refractivity contribution in [3.63, 3.8) is 0 Å². The molecule has 0 radical (unpaired) electrons. The zero-order valence-electron chi connectivity index (χ0n) is 9.20. The largest absolute Gasteiger partial charge is 0.360 e. The summed E-state index contributed by atoms with van der Waals surface area (Å²) < 4.78 is 0. The Labute approximate surface area is 95.3 Å². The fraction of sp³-hybridized carbons (Fsp3) is 0.143. The summed E-state index contributed by atoms with van der Waals surface area (Å²) in [4.78, 5) is 0. The lowest BCUT2D eigenvalue weighted by molar-refractivity contribution is 0.941. The van der Waals surface area contributed by atoms with Crippen LogP contribution in [0.1, 0.15) is 17.3 Å². The van der Waals surface area contributed by atoms with Crippen molar-refractivity contribution in [3.05, 3.63) is 59.7 Å². The van der Waals surface area contributed by atoms with Gasteiger partial charge in [0.25, 0.3) is 0 Å². The van der Waals surface area contributed by atoms with Crippen molar-refractivity contribution in [2.75, 3.05) is 10.6 Å². The Kier molecular flexibility index (Phi) is 2.07. The maximum absolute atomic E-state index is 3.48. The van der Waals surface area contributed by atoms with E-state index in [1.807, 2.05) is 6.07 Å². The van der Waals surface area contributed by atoms with Gasteiger partial charge in [0.2, 0.25) is 0 Å². The van der Waals surface area contributed by atoms with Crippen molar-refractivity contribution in [2.45, 2.75) is 13.1 Å². The third-order valence-electron chi connectivity index (χ3n) is 2.91. The summed E-state index contributed by atoms with van der Waals surface area (Å²) in [6.07, 6.45) is 0.193. The van der Waals surface area contributed by atoms with Crippen LogP contribution in [0, 0.1) is 6.92 Å². The number of aryl methyl sites for hydroxylation is 1. The van der Waals surface area contributed by atoms with Gasteiger partial charge in [-0.2, -0.15) is 0 Å². The Morgan fingerprint density at radius 1 is 0.875 bits per heavy atom. The Balaban J connectivity index is 1.91. The number of hydrogen-bond acceptors (Lipinski definition) is 2. The molecular weight excluding hydrogens is 196 g/mol. The number of fused-ring (bicyclic) bond motifs is 1. The third kappa shape index (κ3) is 1.52. The van der Waals surface area contributed by atoms with Crippen LogP contribution in [0.2, 0.25) is 0 Å². The standard InChI is InChI=1S/C14H14N2/c1-10-7-8-12-13(9-10)16-14(15-12)11-5-3-2-4-6-11/h2-9,14-16H,1H3. The van der Waals surface area contributed by atoms with Gasteiger partial charge in [-0.1, -0.05) is 36.4 Å².